The van der Waals surface area contributed by atoms with Crippen LogP contribution < -0.4 is 0 Å². The predicted octanol–water partition coefficient (Wildman–Crippen LogP) is 4.16. The van der Waals surface area contributed by atoms with E-state index >= 15 is 0 Å². The monoisotopic (exact) mass is 325 g/mol. The number of aromatic nitrogens is 2. The molecule has 2 heterocycles. The van der Waals surface area contributed by atoms with Crippen molar-refractivity contribution in [2.45, 2.75) is 46.1 Å². The van der Waals surface area contributed by atoms with Crippen LogP contribution in [-0.2, 0) is 0 Å². The average molecular weight is 325 g/mol. The molecular formula is C20H27N3O. The van der Waals surface area contributed by atoms with Gasteiger partial charge in [0.25, 0.3) is 5.91 Å². The van der Waals surface area contributed by atoms with E-state index in [0.29, 0.717) is 17.9 Å². The molecule has 1 aromatic carbocycles. The highest BCUT2D eigenvalue weighted by molar-refractivity contribution is 5.95. The van der Waals surface area contributed by atoms with Gasteiger partial charge in [0.15, 0.2) is 0 Å². The second-order valence-corrected chi connectivity index (χ2v) is 7.30. The molecule has 0 bridgehead atoms. The molecule has 0 aliphatic carbocycles. The van der Waals surface area contributed by atoms with Crippen LogP contribution in [0, 0.1) is 11.8 Å². The van der Waals surface area contributed by atoms with Gasteiger partial charge in [-0.25, -0.2) is 4.98 Å². The number of likely N-dealkylation sites (tertiary alicyclic amines) is 1. The Morgan fingerprint density at radius 1 is 1.25 bits per heavy atom. The number of benzene rings is 1. The Morgan fingerprint density at radius 3 is 2.79 bits per heavy atom. The molecule has 4 nitrogen and oxygen atoms in total. The van der Waals surface area contributed by atoms with Crippen molar-refractivity contribution in [3.63, 3.8) is 0 Å². The second-order valence-electron chi connectivity index (χ2n) is 7.30. The van der Waals surface area contributed by atoms with E-state index in [-0.39, 0.29) is 5.91 Å². The van der Waals surface area contributed by atoms with E-state index in [1.54, 1.807) is 12.5 Å². The van der Waals surface area contributed by atoms with Crippen LogP contribution in [0.15, 0.2) is 43.0 Å². The summed E-state index contributed by atoms with van der Waals surface area (Å²) in [7, 11) is 0. The minimum absolute atomic E-state index is 0.157. The van der Waals surface area contributed by atoms with Crippen LogP contribution in [0.1, 0.15) is 50.4 Å². The summed E-state index contributed by atoms with van der Waals surface area (Å²) in [4.78, 5) is 19.4. The highest BCUT2D eigenvalue weighted by Gasteiger charge is 2.30. The Balaban J connectivity index is 1.87. The highest BCUT2D eigenvalue weighted by Crippen LogP contribution is 2.27. The quantitative estimate of drug-likeness (QED) is 0.850. The van der Waals surface area contributed by atoms with Gasteiger partial charge in [0.05, 0.1) is 6.33 Å². The lowest BCUT2D eigenvalue weighted by molar-refractivity contribution is 0.0631. The SMILES string of the molecule is CC1CCC(C(C)C)N(C(=O)c2cccc(-n3ccnc3)c2)CC1. The van der Waals surface area contributed by atoms with E-state index < -0.39 is 0 Å². The first kappa shape index (κ1) is 16.7. The lowest BCUT2D eigenvalue weighted by Gasteiger charge is -2.33. The maximum Gasteiger partial charge on any atom is 0.254 e. The Hall–Kier alpha value is -2.10. The zero-order chi connectivity index (χ0) is 17.1. The molecule has 3 rings (SSSR count). The molecule has 2 aromatic rings. The number of carbonyl (C=O) groups excluding carboxylic acids is 1. The molecule has 1 saturated heterocycles. The number of rotatable bonds is 3. The Bertz CT molecular complexity index is 678. The molecule has 4 heteroatoms. The molecule has 0 N–H and O–H groups in total. The standard InChI is InChI=1S/C20H27N3O/c1-15(2)19-8-7-16(3)9-11-23(19)20(24)17-5-4-6-18(13-17)22-12-10-21-14-22/h4-6,10,12-16,19H,7-9,11H2,1-3H3. The molecule has 2 atom stereocenters. The minimum Gasteiger partial charge on any atom is -0.335 e. The van der Waals surface area contributed by atoms with Crippen molar-refractivity contribution in [2.24, 2.45) is 11.8 Å². The molecule has 0 radical (unpaired) electrons. The van der Waals surface area contributed by atoms with E-state index in [2.05, 4.69) is 30.7 Å². The molecule has 2 unspecified atom stereocenters. The van der Waals surface area contributed by atoms with Gasteiger partial charge < -0.3 is 9.47 Å². The zero-order valence-electron chi connectivity index (χ0n) is 14.9. The third kappa shape index (κ3) is 3.53. The maximum absolute atomic E-state index is 13.2. The van der Waals surface area contributed by atoms with Gasteiger partial charge in [-0.05, 0) is 49.3 Å². The van der Waals surface area contributed by atoms with Crippen LogP contribution in [0.5, 0.6) is 0 Å². The number of nitrogens with zero attached hydrogens (tertiary/aromatic N) is 3. The van der Waals surface area contributed by atoms with Gasteiger partial charge in [0, 0.05) is 36.2 Å². The van der Waals surface area contributed by atoms with Crippen molar-refractivity contribution in [1.29, 1.82) is 0 Å². The lowest BCUT2D eigenvalue weighted by atomic mass is 9.95. The third-order valence-corrected chi connectivity index (χ3v) is 5.14. The van der Waals surface area contributed by atoms with Crippen molar-refractivity contribution in [3.8, 4) is 5.69 Å². The van der Waals surface area contributed by atoms with Crippen LogP contribution in [0.3, 0.4) is 0 Å². The largest absolute Gasteiger partial charge is 0.335 e. The zero-order valence-corrected chi connectivity index (χ0v) is 14.9. The van der Waals surface area contributed by atoms with Gasteiger partial charge in [0.1, 0.15) is 0 Å². The van der Waals surface area contributed by atoms with E-state index in [1.807, 2.05) is 35.0 Å². The van der Waals surface area contributed by atoms with Crippen LogP contribution in [0.25, 0.3) is 5.69 Å². The first-order valence-corrected chi connectivity index (χ1v) is 8.95. The molecule has 0 saturated carbocycles. The van der Waals surface area contributed by atoms with Crippen molar-refractivity contribution in [3.05, 3.63) is 48.5 Å². The van der Waals surface area contributed by atoms with Crippen molar-refractivity contribution in [2.75, 3.05) is 6.54 Å². The first-order valence-electron chi connectivity index (χ1n) is 8.95. The normalized spacial score (nSPS) is 21.8. The van der Waals surface area contributed by atoms with E-state index in [1.165, 1.54) is 6.42 Å². The van der Waals surface area contributed by atoms with Crippen molar-refractivity contribution < 1.29 is 4.79 Å². The molecule has 1 aliphatic rings. The molecule has 0 spiro atoms. The van der Waals surface area contributed by atoms with Gasteiger partial charge in [-0.1, -0.05) is 26.8 Å². The van der Waals surface area contributed by atoms with Gasteiger partial charge in [-0.2, -0.15) is 0 Å². The summed E-state index contributed by atoms with van der Waals surface area (Å²) in [5.74, 6) is 1.34. The smallest absolute Gasteiger partial charge is 0.254 e. The molecule has 1 fully saturated rings. The van der Waals surface area contributed by atoms with Crippen molar-refractivity contribution in [1.82, 2.24) is 14.5 Å². The number of imidazole rings is 1. The number of hydrogen-bond donors (Lipinski definition) is 0. The van der Waals surface area contributed by atoms with Crippen molar-refractivity contribution >= 4 is 5.91 Å². The maximum atomic E-state index is 13.2. The third-order valence-electron chi connectivity index (χ3n) is 5.14. The predicted molar refractivity (Wildman–Crippen MR) is 96.2 cm³/mol. The molecule has 1 aromatic heterocycles. The Labute approximate surface area is 144 Å². The van der Waals surface area contributed by atoms with E-state index in [9.17, 15) is 4.79 Å². The van der Waals surface area contributed by atoms with Crippen LogP contribution in [0.2, 0.25) is 0 Å². The van der Waals surface area contributed by atoms with Gasteiger partial charge in [-0.3, -0.25) is 4.79 Å². The first-order chi connectivity index (χ1) is 11.6. The van der Waals surface area contributed by atoms with E-state index in [0.717, 1.165) is 30.6 Å². The minimum atomic E-state index is 0.157. The Kier molecular flexibility index (Phi) is 5.03. The lowest BCUT2D eigenvalue weighted by Crippen LogP contribution is -2.43. The summed E-state index contributed by atoms with van der Waals surface area (Å²) >= 11 is 0. The summed E-state index contributed by atoms with van der Waals surface area (Å²) in [6.07, 6.45) is 8.81. The van der Waals surface area contributed by atoms with Crippen LogP contribution in [0.4, 0.5) is 0 Å². The number of amides is 1. The Morgan fingerprint density at radius 2 is 2.08 bits per heavy atom. The van der Waals surface area contributed by atoms with Gasteiger partial charge in [0.2, 0.25) is 0 Å². The fourth-order valence-corrected chi connectivity index (χ4v) is 3.60. The fourth-order valence-electron chi connectivity index (χ4n) is 3.60. The van der Waals surface area contributed by atoms with Crippen LogP contribution >= 0.6 is 0 Å². The summed E-state index contributed by atoms with van der Waals surface area (Å²) in [6.45, 7) is 7.61. The molecule has 1 aliphatic heterocycles. The number of carbonyl (C=O) groups is 1. The molecule has 1 amide bonds. The molecule has 128 valence electrons. The van der Waals surface area contributed by atoms with Gasteiger partial charge >= 0.3 is 0 Å². The second kappa shape index (κ2) is 7.20. The summed E-state index contributed by atoms with van der Waals surface area (Å²) in [6, 6.07) is 8.18. The fraction of sp³-hybridized carbons (Fsp3) is 0.500. The summed E-state index contributed by atoms with van der Waals surface area (Å²) in [5, 5.41) is 0. The van der Waals surface area contributed by atoms with Gasteiger partial charge in [-0.15, -0.1) is 0 Å². The topological polar surface area (TPSA) is 38.1 Å². The highest BCUT2D eigenvalue weighted by atomic mass is 16.2. The molecular weight excluding hydrogens is 298 g/mol. The van der Waals surface area contributed by atoms with Crippen LogP contribution in [-0.4, -0.2) is 32.9 Å². The van der Waals surface area contributed by atoms with E-state index in [4.69, 9.17) is 0 Å². The summed E-state index contributed by atoms with van der Waals surface area (Å²) in [5.41, 5.74) is 1.74. The number of hydrogen-bond acceptors (Lipinski definition) is 2. The summed E-state index contributed by atoms with van der Waals surface area (Å²) < 4.78 is 1.93. The molecule has 24 heavy (non-hydrogen) atoms. The average Bonchev–Trinajstić information content (AvgIpc) is 3.04.